The summed E-state index contributed by atoms with van der Waals surface area (Å²) in [5.41, 5.74) is 2.98. The highest BCUT2D eigenvalue weighted by atomic mass is 15.3. The molecule has 0 bridgehead atoms. The lowest BCUT2D eigenvalue weighted by Crippen LogP contribution is -2.20. The van der Waals surface area contributed by atoms with Crippen molar-refractivity contribution in [3.8, 4) is 0 Å². The van der Waals surface area contributed by atoms with Crippen molar-refractivity contribution < 1.29 is 0 Å². The van der Waals surface area contributed by atoms with E-state index in [2.05, 4.69) is 37.5 Å². The summed E-state index contributed by atoms with van der Waals surface area (Å²) in [5.74, 6) is 0.948. The van der Waals surface area contributed by atoms with Crippen LogP contribution in [-0.4, -0.2) is 31.8 Å². The van der Waals surface area contributed by atoms with Gasteiger partial charge in [0.2, 0.25) is 0 Å². The molecule has 0 radical (unpaired) electrons. The molecule has 0 amide bonds. The van der Waals surface area contributed by atoms with E-state index in [-0.39, 0.29) is 6.04 Å². The summed E-state index contributed by atoms with van der Waals surface area (Å²) >= 11 is 0. The number of nitrogens with one attached hydrogen (secondary N) is 1. The maximum atomic E-state index is 4.35. The first-order valence-electron chi connectivity index (χ1n) is 6.48. The number of nitrogens with zero attached hydrogens (tertiary/aromatic N) is 5. The van der Waals surface area contributed by atoms with E-state index in [1.54, 1.807) is 23.4 Å². The number of fused-ring (bicyclic) bond motifs is 1. The van der Waals surface area contributed by atoms with Gasteiger partial charge in [0.25, 0.3) is 0 Å². The van der Waals surface area contributed by atoms with Gasteiger partial charge in [0.15, 0.2) is 0 Å². The third-order valence-corrected chi connectivity index (χ3v) is 3.44. The van der Waals surface area contributed by atoms with Crippen LogP contribution in [0.3, 0.4) is 0 Å². The number of hydrogen-bond acceptors (Lipinski definition) is 5. The third kappa shape index (κ3) is 2.37. The molecule has 6 heteroatoms. The summed E-state index contributed by atoms with van der Waals surface area (Å²) in [6.07, 6.45) is 5.77. The van der Waals surface area contributed by atoms with E-state index in [4.69, 9.17) is 0 Å². The molecule has 20 heavy (non-hydrogen) atoms. The topological polar surface area (TPSA) is 68.5 Å². The summed E-state index contributed by atoms with van der Waals surface area (Å²) in [6.45, 7) is 0. The van der Waals surface area contributed by atoms with E-state index in [0.29, 0.717) is 0 Å². The number of aromatic nitrogens is 5. The Balaban J connectivity index is 1.92. The van der Waals surface area contributed by atoms with Crippen LogP contribution in [0.2, 0.25) is 0 Å². The molecule has 3 aromatic rings. The quantitative estimate of drug-likeness (QED) is 0.771. The lowest BCUT2D eigenvalue weighted by atomic mass is 10.0. The van der Waals surface area contributed by atoms with Crippen LogP contribution < -0.4 is 5.32 Å². The normalized spacial score (nSPS) is 12.7. The zero-order valence-corrected chi connectivity index (χ0v) is 11.5. The Kier molecular flexibility index (Phi) is 3.39. The molecule has 0 aliphatic rings. The first kappa shape index (κ1) is 12.7. The molecule has 0 fully saturated rings. The van der Waals surface area contributed by atoms with Gasteiger partial charge in [-0.05, 0) is 24.7 Å². The molecule has 0 aliphatic heterocycles. The fraction of sp³-hybridized carbons (Fsp3) is 0.286. The van der Waals surface area contributed by atoms with Crippen LogP contribution in [0.4, 0.5) is 0 Å². The van der Waals surface area contributed by atoms with Crippen LogP contribution in [0.1, 0.15) is 17.4 Å². The van der Waals surface area contributed by atoms with Crippen LogP contribution in [0.25, 0.3) is 11.0 Å². The summed E-state index contributed by atoms with van der Waals surface area (Å²) in [6, 6.07) is 6.32. The summed E-state index contributed by atoms with van der Waals surface area (Å²) < 4.78 is 1.80. The maximum absolute atomic E-state index is 4.35. The zero-order valence-electron chi connectivity index (χ0n) is 11.5. The van der Waals surface area contributed by atoms with Gasteiger partial charge in [0, 0.05) is 31.9 Å². The second-order valence-electron chi connectivity index (χ2n) is 4.65. The largest absolute Gasteiger partial charge is 0.313 e. The predicted molar refractivity (Wildman–Crippen MR) is 76.0 cm³/mol. The molecular formula is C14H16N6. The summed E-state index contributed by atoms with van der Waals surface area (Å²) in [7, 11) is 3.85. The molecule has 0 spiro atoms. The minimum atomic E-state index is 0.171. The Morgan fingerprint density at radius 3 is 2.65 bits per heavy atom. The molecule has 2 heterocycles. The Morgan fingerprint density at radius 1 is 1.15 bits per heavy atom. The number of benzene rings is 1. The van der Waals surface area contributed by atoms with Crippen molar-refractivity contribution in [2.45, 2.75) is 12.5 Å². The molecule has 0 saturated heterocycles. The monoisotopic (exact) mass is 268 g/mol. The van der Waals surface area contributed by atoms with E-state index < -0.39 is 0 Å². The molecule has 1 atom stereocenters. The molecule has 1 N–H and O–H groups in total. The Hall–Kier alpha value is -2.34. The molecule has 6 nitrogen and oxygen atoms in total. The van der Waals surface area contributed by atoms with E-state index in [0.717, 1.165) is 23.3 Å². The van der Waals surface area contributed by atoms with E-state index in [1.807, 2.05) is 20.2 Å². The summed E-state index contributed by atoms with van der Waals surface area (Å²) in [5, 5.41) is 7.42. The Labute approximate surface area is 116 Å². The highest BCUT2D eigenvalue weighted by molar-refractivity contribution is 5.74. The first-order valence-corrected chi connectivity index (χ1v) is 6.48. The molecule has 102 valence electrons. The predicted octanol–water partition coefficient (Wildman–Crippen LogP) is 1.26. The standard InChI is InChI=1S/C14H16N6/c1-15-12(8-14-18-9-19-20(14)2)10-3-4-11-13(7-10)17-6-5-16-11/h3-7,9,12,15H,8H2,1-2H3. The minimum Gasteiger partial charge on any atom is -0.313 e. The molecule has 2 aromatic heterocycles. The average molecular weight is 268 g/mol. The van der Waals surface area contributed by atoms with Crippen LogP contribution >= 0.6 is 0 Å². The molecular weight excluding hydrogens is 252 g/mol. The van der Waals surface area contributed by atoms with Crippen LogP contribution in [0, 0.1) is 0 Å². The molecule has 1 unspecified atom stereocenters. The number of likely N-dealkylation sites (N-methyl/N-ethyl adjacent to an activating group) is 1. The average Bonchev–Trinajstić information content (AvgIpc) is 2.89. The van der Waals surface area contributed by atoms with Gasteiger partial charge in [-0.25, -0.2) is 4.98 Å². The van der Waals surface area contributed by atoms with Crippen molar-refractivity contribution in [3.63, 3.8) is 0 Å². The van der Waals surface area contributed by atoms with Gasteiger partial charge in [-0.15, -0.1) is 0 Å². The summed E-state index contributed by atoms with van der Waals surface area (Å²) in [4.78, 5) is 12.9. The van der Waals surface area contributed by atoms with Gasteiger partial charge < -0.3 is 5.32 Å². The van der Waals surface area contributed by atoms with E-state index in [9.17, 15) is 0 Å². The lowest BCUT2D eigenvalue weighted by molar-refractivity contribution is 0.553. The van der Waals surface area contributed by atoms with Crippen molar-refractivity contribution in [2.24, 2.45) is 7.05 Å². The van der Waals surface area contributed by atoms with Gasteiger partial charge in [-0.1, -0.05) is 6.07 Å². The van der Waals surface area contributed by atoms with E-state index >= 15 is 0 Å². The Bertz CT molecular complexity index is 720. The highest BCUT2D eigenvalue weighted by Gasteiger charge is 2.14. The first-order chi connectivity index (χ1) is 9.78. The molecule has 0 saturated carbocycles. The second kappa shape index (κ2) is 5.34. The van der Waals surface area contributed by atoms with Crippen molar-refractivity contribution in [2.75, 3.05) is 7.05 Å². The van der Waals surface area contributed by atoms with Gasteiger partial charge in [-0.3, -0.25) is 14.6 Å². The third-order valence-electron chi connectivity index (χ3n) is 3.44. The van der Waals surface area contributed by atoms with Gasteiger partial charge in [0.05, 0.1) is 11.0 Å². The van der Waals surface area contributed by atoms with E-state index in [1.165, 1.54) is 5.56 Å². The highest BCUT2D eigenvalue weighted by Crippen LogP contribution is 2.20. The number of aryl methyl sites for hydroxylation is 1. The van der Waals surface area contributed by atoms with Crippen molar-refractivity contribution >= 4 is 11.0 Å². The van der Waals surface area contributed by atoms with Crippen molar-refractivity contribution in [1.29, 1.82) is 0 Å². The number of rotatable bonds is 4. The molecule has 0 aliphatic carbocycles. The number of hydrogen-bond donors (Lipinski definition) is 1. The smallest absolute Gasteiger partial charge is 0.138 e. The SMILES string of the molecule is CNC(Cc1ncnn1C)c1ccc2nccnc2c1. The van der Waals surface area contributed by atoms with Crippen molar-refractivity contribution in [3.05, 3.63) is 48.3 Å². The zero-order chi connectivity index (χ0) is 13.9. The molecule has 3 rings (SSSR count). The second-order valence-corrected chi connectivity index (χ2v) is 4.65. The fourth-order valence-corrected chi connectivity index (χ4v) is 2.27. The lowest BCUT2D eigenvalue weighted by Gasteiger charge is -2.16. The fourth-order valence-electron chi connectivity index (χ4n) is 2.27. The van der Waals surface area contributed by atoms with Gasteiger partial charge in [-0.2, -0.15) is 5.10 Å². The Morgan fingerprint density at radius 2 is 1.95 bits per heavy atom. The van der Waals surface area contributed by atoms with Crippen molar-refractivity contribution in [1.82, 2.24) is 30.0 Å². The van der Waals surface area contributed by atoms with Gasteiger partial charge in [0.1, 0.15) is 12.2 Å². The van der Waals surface area contributed by atoms with Crippen LogP contribution in [0.15, 0.2) is 36.9 Å². The molecule has 1 aromatic carbocycles. The van der Waals surface area contributed by atoms with Gasteiger partial charge >= 0.3 is 0 Å². The maximum Gasteiger partial charge on any atom is 0.138 e. The van der Waals surface area contributed by atoms with Crippen LogP contribution in [0.5, 0.6) is 0 Å². The van der Waals surface area contributed by atoms with Crippen LogP contribution in [-0.2, 0) is 13.5 Å². The minimum absolute atomic E-state index is 0.171.